The van der Waals surface area contributed by atoms with Crippen molar-refractivity contribution in [1.82, 2.24) is 10.2 Å². The number of hydrogen-bond donors (Lipinski definition) is 2. The summed E-state index contributed by atoms with van der Waals surface area (Å²) in [5.41, 5.74) is 0. The van der Waals surface area contributed by atoms with E-state index < -0.39 is 0 Å². The molecular formula is C12H22N2O2. The van der Waals surface area contributed by atoms with Gasteiger partial charge in [0.1, 0.15) is 6.04 Å². The predicted molar refractivity (Wildman–Crippen MR) is 62.1 cm³/mol. The number of aliphatic hydroxyl groups is 1. The Morgan fingerprint density at radius 1 is 1.25 bits per heavy atom. The lowest BCUT2D eigenvalue weighted by molar-refractivity contribution is -0.136. The summed E-state index contributed by atoms with van der Waals surface area (Å²) < 4.78 is 0. The van der Waals surface area contributed by atoms with Crippen molar-refractivity contribution in [2.75, 3.05) is 19.7 Å². The maximum Gasteiger partial charge on any atom is 0.242 e. The standard InChI is InChI=1S/C12H22N2O2/c15-9-11-12(16)14(8-4-7-13-11)10-5-2-1-3-6-10/h10-11,13,15H,1-9H2. The molecule has 2 N–H and O–H groups in total. The van der Waals surface area contributed by atoms with E-state index in [1.165, 1.54) is 19.3 Å². The molecule has 0 aromatic rings. The lowest BCUT2D eigenvalue weighted by atomic mass is 9.93. The first-order chi connectivity index (χ1) is 7.83. The van der Waals surface area contributed by atoms with Gasteiger partial charge in [0.2, 0.25) is 5.91 Å². The highest BCUT2D eigenvalue weighted by atomic mass is 16.3. The van der Waals surface area contributed by atoms with Crippen LogP contribution < -0.4 is 5.32 Å². The average molecular weight is 226 g/mol. The summed E-state index contributed by atoms with van der Waals surface area (Å²) in [4.78, 5) is 14.2. The zero-order valence-corrected chi connectivity index (χ0v) is 9.82. The maximum absolute atomic E-state index is 12.2. The van der Waals surface area contributed by atoms with Crippen molar-refractivity contribution < 1.29 is 9.90 Å². The number of carbonyl (C=O) groups is 1. The molecule has 1 aliphatic carbocycles. The third-order valence-electron chi connectivity index (χ3n) is 3.75. The Labute approximate surface area is 97.0 Å². The van der Waals surface area contributed by atoms with E-state index in [1.54, 1.807) is 0 Å². The van der Waals surface area contributed by atoms with Gasteiger partial charge in [-0.05, 0) is 25.8 Å². The van der Waals surface area contributed by atoms with Gasteiger partial charge in [0.25, 0.3) is 0 Å². The van der Waals surface area contributed by atoms with E-state index in [2.05, 4.69) is 5.32 Å². The highest BCUT2D eigenvalue weighted by Crippen LogP contribution is 2.23. The summed E-state index contributed by atoms with van der Waals surface area (Å²) in [5, 5.41) is 12.3. The lowest BCUT2D eigenvalue weighted by Crippen LogP contribution is -2.50. The summed E-state index contributed by atoms with van der Waals surface area (Å²) in [6.45, 7) is 1.61. The molecule has 2 aliphatic rings. The number of hydrogen-bond acceptors (Lipinski definition) is 3. The number of nitrogens with zero attached hydrogens (tertiary/aromatic N) is 1. The van der Waals surface area contributed by atoms with Gasteiger partial charge in [-0.15, -0.1) is 0 Å². The highest BCUT2D eigenvalue weighted by molar-refractivity contribution is 5.82. The van der Waals surface area contributed by atoms with Gasteiger partial charge in [0.15, 0.2) is 0 Å². The van der Waals surface area contributed by atoms with Crippen LogP contribution in [0.5, 0.6) is 0 Å². The second kappa shape index (κ2) is 5.64. The van der Waals surface area contributed by atoms with Gasteiger partial charge in [-0.2, -0.15) is 0 Å². The molecule has 2 fully saturated rings. The van der Waals surface area contributed by atoms with Crippen LogP contribution in [-0.2, 0) is 4.79 Å². The molecule has 1 aliphatic heterocycles. The van der Waals surface area contributed by atoms with Crippen LogP contribution in [0.25, 0.3) is 0 Å². The Morgan fingerprint density at radius 2 is 2.00 bits per heavy atom. The summed E-state index contributed by atoms with van der Waals surface area (Å²) in [5.74, 6) is 0.104. The largest absolute Gasteiger partial charge is 0.394 e. The van der Waals surface area contributed by atoms with E-state index >= 15 is 0 Å². The van der Waals surface area contributed by atoms with Gasteiger partial charge in [0, 0.05) is 12.6 Å². The normalized spacial score (nSPS) is 29.2. The van der Waals surface area contributed by atoms with Gasteiger partial charge in [-0.25, -0.2) is 0 Å². The Bertz CT molecular complexity index is 239. The summed E-state index contributed by atoms with van der Waals surface area (Å²) in [6, 6.07) is 0.0552. The van der Waals surface area contributed by atoms with Crippen LogP contribution in [0.15, 0.2) is 0 Å². The highest BCUT2D eigenvalue weighted by Gasteiger charge is 2.31. The van der Waals surface area contributed by atoms with E-state index in [0.717, 1.165) is 32.4 Å². The van der Waals surface area contributed by atoms with Crippen LogP contribution in [-0.4, -0.2) is 47.7 Å². The third kappa shape index (κ3) is 2.55. The van der Waals surface area contributed by atoms with Crippen LogP contribution in [0.3, 0.4) is 0 Å². The van der Waals surface area contributed by atoms with Crippen LogP contribution >= 0.6 is 0 Å². The molecule has 92 valence electrons. The molecule has 2 rings (SSSR count). The fraction of sp³-hybridized carbons (Fsp3) is 0.917. The van der Waals surface area contributed by atoms with Gasteiger partial charge >= 0.3 is 0 Å². The zero-order chi connectivity index (χ0) is 11.4. The number of carbonyl (C=O) groups excluding carboxylic acids is 1. The number of nitrogens with one attached hydrogen (secondary N) is 1. The summed E-state index contributed by atoms with van der Waals surface area (Å²) in [7, 11) is 0. The molecule has 1 saturated heterocycles. The van der Waals surface area contributed by atoms with Crippen molar-refractivity contribution in [2.24, 2.45) is 0 Å². The van der Waals surface area contributed by atoms with E-state index in [9.17, 15) is 9.90 Å². The van der Waals surface area contributed by atoms with Crippen molar-refractivity contribution in [1.29, 1.82) is 0 Å². The third-order valence-corrected chi connectivity index (χ3v) is 3.75. The van der Waals surface area contributed by atoms with E-state index in [4.69, 9.17) is 0 Å². The molecule has 1 atom stereocenters. The maximum atomic E-state index is 12.2. The summed E-state index contributed by atoms with van der Waals surface area (Å²) in [6.07, 6.45) is 7.07. The molecule has 1 amide bonds. The minimum atomic E-state index is -0.371. The molecule has 0 aromatic carbocycles. The lowest BCUT2D eigenvalue weighted by Gasteiger charge is -2.34. The van der Waals surface area contributed by atoms with Gasteiger partial charge in [0.05, 0.1) is 6.61 Å². The topological polar surface area (TPSA) is 52.6 Å². The molecule has 4 heteroatoms. The zero-order valence-electron chi connectivity index (χ0n) is 9.82. The quantitative estimate of drug-likeness (QED) is 0.721. The Balaban J connectivity index is 2.02. The minimum Gasteiger partial charge on any atom is -0.394 e. The predicted octanol–water partition coefficient (Wildman–Crippen LogP) is 0.502. The van der Waals surface area contributed by atoms with Gasteiger partial charge in [-0.3, -0.25) is 4.79 Å². The van der Waals surface area contributed by atoms with Crippen LogP contribution in [0.4, 0.5) is 0 Å². The fourth-order valence-electron chi connectivity index (χ4n) is 2.82. The second-order valence-corrected chi connectivity index (χ2v) is 4.87. The van der Waals surface area contributed by atoms with Crippen molar-refractivity contribution in [3.05, 3.63) is 0 Å². The van der Waals surface area contributed by atoms with Gasteiger partial charge < -0.3 is 15.3 Å². The van der Waals surface area contributed by atoms with Crippen LogP contribution in [0, 0.1) is 0 Å². The van der Waals surface area contributed by atoms with E-state index in [1.807, 2.05) is 4.90 Å². The Hall–Kier alpha value is -0.610. The first-order valence-corrected chi connectivity index (χ1v) is 6.47. The first kappa shape index (κ1) is 11.9. The van der Waals surface area contributed by atoms with Crippen molar-refractivity contribution >= 4 is 5.91 Å². The molecule has 16 heavy (non-hydrogen) atoms. The fourth-order valence-corrected chi connectivity index (χ4v) is 2.82. The van der Waals surface area contributed by atoms with Crippen molar-refractivity contribution in [3.63, 3.8) is 0 Å². The molecular weight excluding hydrogens is 204 g/mol. The van der Waals surface area contributed by atoms with Crippen LogP contribution in [0.2, 0.25) is 0 Å². The molecule has 1 saturated carbocycles. The number of rotatable bonds is 2. The number of aliphatic hydroxyl groups excluding tert-OH is 1. The Morgan fingerprint density at radius 3 is 2.69 bits per heavy atom. The van der Waals surface area contributed by atoms with Crippen molar-refractivity contribution in [2.45, 2.75) is 50.6 Å². The molecule has 0 radical (unpaired) electrons. The minimum absolute atomic E-state index is 0.0813. The Kier molecular flexibility index (Phi) is 4.18. The van der Waals surface area contributed by atoms with Crippen molar-refractivity contribution in [3.8, 4) is 0 Å². The molecule has 1 unspecified atom stereocenters. The SMILES string of the molecule is O=C1C(CO)NCCCN1C1CCCCC1. The van der Waals surface area contributed by atoms with Gasteiger partial charge in [-0.1, -0.05) is 19.3 Å². The first-order valence-electron chi connectivity index (χ1n) is 6.47. The second-order valence-electron chi connectivity index (χ2n) is 4.87. The van der Waals surface area contributed by atoms with E-state index in [-0.39, 0.29) is 18.6 Å². The molecule has 0 bridgehead atoms. The molecule has 0 spiro atoms. The van der Waals surface area contributed by atoms with Crippen LogP contribution in [0.1, 0.15) is 38.5 Å². The average Bonchev–Trinajstić information content (AvgIpc) is 2.52. The smallest absolute Gasteiger partial charge is 0.242 e. The van der Waals surface area contributed by atoms with E-state index in [0.29, 0.717) is 6.04 Å². The summed E-state index contributed by atoms with van der Waals surface area (Å²) >= 11 is 0. The molecule has 4 nitrogen and oxygen atoms in total. The number of amides is 1. The monoisotopic (exact) mass is 226 g/mol. The molecule has 1 heterocycles. The molecule has 0 aromatic heterocycles.